The van der Waals surface area contributed by atoms with Gasteiger partial charge in [0.1, 0.15) is 5.60 Å². The van der Waals surface area contributed by atoms with Crippen molar-refractivity contribution in [2.75, 3.05) is 24.8 Å². The van der Waals surface area contributed by atoms with Crippen molar-refractivity contribution < 1.29 is 9.53 Å². The van der Waals surface area contributed by atoms with Crippen molar-refractivity contribution in [3.05, 3.63) is 23.2 Å². The van der Waals surface area contributed by atoms with Crippen LogP contribution in [-0.2, 0) is 9.53 Å². The zero-order valence-electron chi connectivity index (χ0n) is 11.2. The van der Waals surface area contributed by atoms with E-state index < -0.39 is 5.60 Å². The second-order valence-electron chi connectivity index (χ2n) is 4.36. The van der Waals surface area contributed by atoms with Crippen molar-refractivity contribution >= 4 is 28.9 Å². The Balaban J connectivity index is 3.10. The third kappa shape index (κ3) is 2.76. The fourth-order valence-corrected chi connectivity index (χ4v) is 1.82. The van der Waals surface area contributed by atoms with Crippen molar-refractivity contribution in [2.45, 2.75) is 25.9 Å². The van der Waals surface area contributed by atoms with Gasteiger partial charge in [-0.2, -0.15) is 0 Å². The first-order chi connectivity index (χ1) is 8.35. The van der Waals surface area contributed by atoms with Gasteiger partial charge >= 0.3 is 0 Å². The number of methoxy groups -OCH3 is 1. The average molecular weight is 271 g/mol. The molecule has 2 N–H and O–H groups in total. The van der Waals surface area contributed by atoms with Gasteiger partial charge in [-0.25, -0.2) is 0 Å². The summed E-state index contributed by atoms with van der Waals surface area (Å²) in [4.78, 5) is 13.9. The lowest BCUT2D eigenvalue weighted by molar-refractivity contribution is -0.138. The summed E-state index contributed by atoms with van der Waals surface area (Å²) in [5.74, 6) is -0.151. The number of hydrogen-bond acceptors (Lipinski definition) is 3. The number of amides is 1. The topological polar surface area (TPSA) is 55.6 Å². The van der Waals surface area contributed by atoms with Gasteiger partial charge in [-0.05, 0) is 31.5 Å². The number of likely N-dealkylation sites (N-methyl/N-ethyl adjacent to an activating group) is 1. The summed E-state index contributed by atoms with van der Waals surface area (Å²) >= 11 is 5.92. The Morgan fingerprint density at radius 3 is 2.67 bits per heavy atom. The molecule has 0 aromatic heterocycles. The van der Waals surface area contributed by atoms with Crippen LogP contribution < -0.4 is 10.6 Å². The van der Waals surface area contributed by atoms with Crippen molar-refractivity contribution in [3.63, 3.8) is 0 Å². The van der Waals surface area contributed by atoms with E-state index >= 15 is 0 Å². The second-order valence-corrected chi connectivity index (χ2v) is 4.79. The number of hydrogen-bond donors (Lipinski definition) is 1. The molecule has 1 unspecified atom stereocenters. The van der Waals surface area contributed by atoms with Crippen molar-refractivity contribution in [2.24, 2.45) is 0 Å². The molecule has 0 bridgehead atoms. The summed E-state index contributed by atoms with van der Waals surface area (Å²) in [6.07, 6.45) is 0.577. The zero-order chi connectivity index (χ0) is 13.9. The van der Waals surface area contributed by atoms with Gasteiger partial charge in [0.25, 0.3) is 5.91 Å². The molecule has 0 heterocycles. The van der Waals surface area contributed by atoms with E-state index in [1.807, 2.05) is 6.92 Å². The number of ether oxygens (including phenoxy) is 1. The van der Waals surface area contributed by atoms with Crippen molar-refractivity contribution in [1.82, 2.24) is 0 Å². The number of nitrogen functional groups attached to an aromatic ring is 1. The maximum Gasteiger partial charge on any atom is 0.258 e. The molecular formula is C13H19ClN2O2. The summed E-state index contributed by atoms with van der Waals surface area (Å²) in [6.45, 7) is 3.66. The van der Waals surface area contributed by atoms with Gasteiger partial charge in [0.15, 0.2) is 0 Å². The van der Waals surface area contributed by atoms with Crippen LogP contribution in [0.3, 0.4) is 0 Å². The third-order valence-electron chi connectivity index (χ3n) is 3.24. The largest absolute Gasteiger partial charge is 0.397 e. The molecule has 4 nitrogen and oxygen atoms in total. The van der Waals surface area contributed by atoms with Gasteiger partial charge in [0.2, 0.25) is 0 Å². The molecule has 0 saturated carbocycles. The number of anilines is 2. The minimum Gasteiger partial charge on any atom is -0.397 e. The van der Waals surface area contributed by atoms with Crippen LogP contribution in [0.5, 0.6) is 0 Å². The molecule has 5 heteroatoms. The number of carbonyl (C=O) groups is 1. The van der Waals surface area contributed by atoms with Gasteiger partial charge < -0.3 is 15.4 Å². The number of halogens is 1. The normalized spacial score (nSPS) is 14.1. The first kappa shape index (κ1) is 14.8. The lowest BCUT2D eigenvalue weighted by Gasteiger charge is -2.31. The first-order valence-corrected chi connectivity index (χ1v) is 6.12. The van der Waals surface area contributed by atoms with E-state index in [-0.39, 0.29) is 5.91 Å². The lowest BCUT2D eigenvalue weighted by Crippen LogP contribution is -2.46. The van der Waals surface area contributed by atoms with Crippen molar-refractivity contribution in [3.8, 4) is 0 Å². The standard InChI is InChI=1S/C13H19ClN2O2/c1-5-13(2,18-4)12(17)16(3)11-8-9(14)6-7-10(11)15/h6-8H,5,15H2,1-4H3. The molecule has 0 aliphatic heterocycles. The Morgan fingerprint density at radius 2 is 2.17 bits per heavy atom. The molecule has 0 saturated heterocycles. The summed E-state index contributed by atoms with van der Waals surface area (Å²) in [7, 11) is 3.19. The fraction of sp³-hybridized carbons (Fsp3) is 0.462. The highest BCUT2D eigenvalue weighted by atomic mass is 35.5. The van der Waals surface area contributed by atoms with E-state index in [1.54, 1.807) is 32.2 Å². The van der Waals surface area contributed by atoms with Crippen molar-refractivity contribution in [1.29, 1.82) is 0 Å². The number of rotatable bonds is 4. The molecule has 1 atom stereocenters. The van der Waals surface area contributed by atoms with Gasteiger partial charge in [0.05, 0.1) is 11.4 Å². The minimum absolute atomic E-state index is 0.151. The van der Waals surface area contributed by atoms with Gasteiger partial charge in [0, 0.05) is 19.2 Å². The Bertz CT molecular complexity index is 445. The van der Waals surface area contributed by atoms with E-state index in [0.29, 0.717) is 22.8 Å². The lowest BCUT2D eigenvalue weighted by atomic mass is 10.0. The summed E-state index contributed by atoms with van der Waals surface area (Å²) < 4.78 is 5.30. The molecule has 0 aliphatic rings. The maximum absolute atomic E-state index is 12.4. The van der Waals surface area contributed by atoms with Crippen LogP contribution in [0, 0.1) is 0 Å². The zero-order valence-corrected chi connectivity index (χ0v) is 11.9. The Kier molecular flexibility index (Phi) is 4.59. The molecule has 0 fully saturated rings. The van der Waals surface area contributed by atoms with Gasteiger partial charge in [-0.3, -0.25) is 4.79 Å². The third-order valence-corrected chi connectivity index (χ3v) is 3.47. The molecule has 0 aliphatic carbocycles. The number of nitrogens with zero attached hydrogens (tertiary/aromatic N) is 1. The Labute approximate surface area is 113 Å². The predicted octanol–water partition coefficient (Wildman–Crippen LogP) is 2.70. The summed E-state index contributed by atoms with van der Waals surface area (Å²) in [6, 6.07) is 5.03. The highest BCUT2D eigenvalue weighted by molar-refractivity contribution is 6.31. The Hall–Kier alpha value is -1.26. The SMILES string of the molecule is CCC(C)(OC)C(=O)N(C)c1cc(Cl)ccc1N. The number of nitrogens with two attached hydrogens (primary N) is 1. The molecule has 1 amide bonds. The second kappa shape index (κ2) is 5.59. The maximum atomic E-state index is 12.4. The van der Waals surface area contributed by atoms with E-state index in [1.165, 1.54) is 12.0 Å². The van der Waals surface area contributed by atoms with Crippen LogP contribution in [0.15, 0.2) is 18.2 Å². The predicted molar refractivity (Wildman–Crippen MR) is 75.0 cm³/mol. The van der Waals surface area contributed by atoms with E-state index in [2.05, 4.69) is 0 Å². The molecule has 1 aromatic carbocycles. The molecule has 1 rings (SSSR count). The van der Waals surface area contributed by atoms with Crippen LogP contribution in [-0.4, -0.2) is 25.7 Å². The molecule has 100 valence electrons. The summed E-state index contributed by atoms with van der Waals surface area (Å²) in [5.41, 5.74) is 6.10. The quantitative estimate of drug-likeness (QED) is 0.856. The van der Waals surface area contributed by atoms with Crippen LogP contribution in [0.2, 0.25) is 5.02 Å². The number of benzene rings is 1. The van der Waals surface area contributed by atoms with Crippen LogP contribution in [0.4, 0.5) is 11.4 Å². The smallest absolute Gasteiger partial charge is 0.258 e. The first-order valence-electron chi connectivity index (χ1n) is 5.74. The molecule has 0 radical (unpaired) electrons. The number of carbonyl (C=O) groups excluding carboxylic acids is 1. The average Bonchev–Trinajstić information content (AvgIpc) is 2.38. The van der Waals surface area contributed by atoms with E-state index in [0.717, 1.165) is 0 Å². The summed E-state index contributed by atoms with van der Waals surface area (Å²) in [5, 5.41) is 0.537. The van der Waals surface area contributed by atoms with E-state index in [4.69, 9.17) is 22.1 Å². The van der Waals surface area contributed by atoms with Gasteiger partial charge in [-0.1, -0.05) is 18.5 Å². The van der Waals surface area contributed by atoms with Crippen LogP contribution in [0.25, 0.3) is 0 Å². The fourth-order valence-electron chi connectivity index (χ4n) is 1.65. The van der Waals surface area contributed by atoms with Crippen LogP contribution in [0.1, 0.15) is 20.3 Å². The molecule has 18 heavy (non-hydrogen) atoms. The highest BCUT2D eigenvalue weighted by Crippen LogP contribution is 2.29. The van der Waals surface area contributed by atoms with Crippen LogP contribution >= 0.6 is 11.6 Å². The highest BCUT2D eigenvalue weighted by Gasteiger charge is 2.34. The molecule has 0 spiro atoms. The minimum atomic E-state index is -0.858. The Morgan fingerprint density at radius 1 is 1.56 bits per heavy atom. The molecule has 1 aromatic rings. The van der Waals surface area contributed by atoms with Gasteiger partial charge in [-0.15, -0.1) is 0 Å². The molecular weight excluding hydrogens is 252 g/mol. The monoisotopic (exact) mass is 270 g/mol. The van der Waals surface area contributed by atoms with E-state index in [9.17, 15) is 4.79 Å².